The molecule has 0 aliphatic rings. The van der Waals surface area contributed by atoms with Crippen LogP contribution in [0.1, 0.15) is 21.5 Å². The second kappa shape index (κ2) is 10.3. The van der Waals surface area contributed by atoms with Crippen LogP contribution in [-0.2, 0) is 0 Å². The Labute approximate surface area is 211 Å². The zero-order chi connectivity index (χ0) is 24.9. The van der Waals surface area contributed by atoms with Gasteiger partial charge in [-0.2, -0.15) is 0 Å². The fraction of sp³-hybridized carbons (Fsp3) is 0.0606. The molecule has 0 N–H and O–H groups in total. The number of methoxy groups -OCH3 is 1. The van der Waals surface area contributed by atoms with Gasteiger partial charge in [0.1, 0.15) is 17.2 Å². The van der Waals surface area contributed by atoms with E-state index < -0.39 is 0 Å². The van der Waals surface area contributed by atoms with Crippen molar-refractivity contribution in [2.45, 2.75) is 6.92 Å². The van der Waals surface area contributed by atoms with Gasteiger partial charge in [-0.15, -0.1) is 0 Å². The Morgan fingerprint density at radius 1 is 0.528 bits per heavy atom. The number of rotatable bonds is 7. The molecule has 0 bridgehead atoms. The van der Waals surface area contributed by atoms with E-state index in [4.69, 9.17) is 9.47 Å². The van der Waals surface area contributed by atoms with Crippen LogP contribution in [0.2, 0.25) is 0 Å². The Balaban J connectivity index is 1.28. The monoisotopic (exact) mass is 470 g/mol. The van der Waals surface area contributed by atoms with Crippen molar-refractivity contribution >= 4 is 5.78 Å². The third-order valence-corrected chi connectivity index (χ3v) is 6.14. The molecule has 5 rings (SSSR count). The fourth-order valence-corrected chi connectivity index (χ4v) is 4.06. The second-order valence-corrected chi connectivity index (χ2v) is 8.66. The van der Waals surface area contributed by atoms with E-state index in [1.54, 1.807) is 7.11 Å². The molecule has 0 saturated carbocycles. The van der Waals surface area contributed by atoms with Gasteiger partial charge in [-0.25, -0.2) is 0 Å². The molecular formula is C33H26O3. The number of hydrogen-bond donors (Lipinski definition) is 0. The Bertz CT molecular complexity index is 1460. The predicted octanol–water partition coefficient (Wildman–Crippen LogP) is 8.36. The van der Waals surface area contributed by atoms with Crippen LogP contribution < -0.4 is 9.47 Å². The maximum atomic E-state index is 12.9. The number of benzene rings is 5. The molecular weight excluding hydrogens is 444 g/mol. The minimum atomic E-state index is 0.0230. The Hall–Kier alpha value is -4.63. The molecule has 0 fully saturated rings. The van der Waals surface area contributed by atoms with E-state index >= 15 is 0 Å². The molecule has 0 aromatic heterocycles. The molecule has 36 heavy (non-hydrogen) atoms. The molecule has 176 valence electrons. The fourth-order valence-electron chi connectivity index (χ4n) is 4.06. The normalized spacial score (nSPS) is 10.6. The predicted molar refractivity (Wildman–Crippen MR) is 145 cm³/mol. The molecule has 0 unspecified atom stereocenters. The first-order chi connectivity index (χ1) is 17.6. The largest absolute Gasteiger partial charge is 0.497 e. The maximum absolute atomic E-state index is 12.9. The van der Waals surface area contributed by atoms with Crippen LogP contribution in [-0.4, -0.2) is 12.9 Å². The van der Waals surface area contributed by atoms with Gasteiger partial charge in [-0.05, 0) is 71.6 Å². The first kappa shape index (κ1) is 23.1. The average molecular weight is 471 g/mol. The van der Waals surface area contributed by atoms with Crippen molar-refractivity contribution in [3.05, 3.63) is 138 Å². The van der Waals surface area contributed by atoms with Crippen LogP contribution in [0.15, 0.2) is 121 Å². The minimum Gasteiger partial charge on any atom is -0.497 e. The maximum Gasteiger partial charge on any atom is 0.193 e. The molecule has 0 radical (unpaired) electrons. The molecule has 0 aliphatic carbocycles. The summed E-state index contributed by atoms with van der Waals surface area (Å²) in [7, 11) is 1.67. The summed E-state index contributed by atoms with van der Waals surface area (Å²) in [6, 6.07) is 39.3. The molecule has 3 heteroatoms. The highest BCUT2D eigenvalue weighted by Crippen LogP contribution is 2.29. The first-order valence-corrected chi connectivity index (χ1v) is 11.8. The number of aryl methyl sites for hydroxylation is 1. The van der Waals surface area contributed by atoms with E-state index in [0.717, 1.165) is 45.1 Å². The highest BCUT2D eigenvalue weighted by molar-refractivity contribution is 6.09. The number of carbonyl (C=O) groups is 1. The molecule has 0 spiro atoms. The summed E-state index contributed by atoms with van der Waals surface area (Å²) in [6.45, 7) is 2.01. The van der Waals surface area contributed by atoms with Gasteiger partial charge in [0.15, 0.2) is 5.78 Å². The zero-order valence-corrected chi connectivity index (χ0v) is 20.3. The Morgan fingerprint density at radius 3 is 1.56 bits per heavy atom. The van der Waals surface area contributed by atoms with Crippen LogP contribution >= 0.6 is 0 Å². The van der Waals surface area contributed by atoms with E-state index in [2.05, 4.69) is 0 Å². The summed E-state index contributed by atoms with van der Waals surface area (Å²) in [5.41, 5.74) is 6.75. The van der Waals surface area contributed by atoms with Crippen molar-refractivity contribution in [1.29, 1.82) is 0 Å². The third-order valence-electron chi connectivity index (χ3n) is 6.14. The van der Waals surface area contributed by atoms with Gasteiger partial charge in [0, 0.05) is 11.1 Å². The zero-order valence-electron chi connectivity index (χ0n) is 20.3. The Morgan fingerprint density at radius 2 is 1.03 bits per heavy atom. The van der Waals surface area contributed by atoms with Gasteiger partial charge in [-0.1, -0.05) is 84.4 Å². The standard InChI is InChI=1S/C33H26O3/c1-23-6-8-27(9-7-23)33(34)29-5-3-4-28(22-29)26-14-20-32(21-15-26)36-31-18-12-25(13-19-31)24-10-16-30(35-2)17-11-24/h3-22H,1-2H3. The molecule has 0 atom stereocenters. The average Bonchev–Trinajstić information content (AvgIpc) is 2.94. The van der Waals surface area contributed by atoms with Gasteiger partial charge in [0.25, 0.3) is 0 Å². The molecule has 0 saturated heterocycles. The van der Waals surface area contributed by atoms with Crippen molar-refractivity contribution in [3.63, 3.8) is 0 Å². The van der Waals surface area contributed by atoms with Crippen molar-refractivity contribution in [1.82, 2.24) is 0 Å². The smallest absolute Gasteiger partial charge is 0.193 e. The molecule has 0 amide bonds. The second-order valence-electron chi connectivity index (χ2n) is 8.66. The quantitative estimate of drug-likeness (QED) is 0.224. The summed E-state index contributed by atoms with van der Waals surface area (Å²) < 4.78 is 11.3. The van der Waals surface area contributed by atoms with E-state index in [1.165, 1.54) is 0 Å². The molecule has 3 nitrogen and oxygen atoms in total. The van der Waals surface area contributed by atoms with Crippen molar-refractivity contribution < 1.29 is 14.3 Å². The van der Waals surface area contributed by atoms with Gasteiger partial charge in [-0.3, -0.25) is 4.79 Å². The van der Waals surface area contributed by atoms with Gasteiger partial charge in [0.2, 0.25) is 0 Å². The Kier molecular flexibility index (Phi) is 6.63. The van der Waals surface area contributed by atoms with Crippen LogP contribution in [0.4, 0.5) is 0 Å². The van der Waals surface area contributed by atoms with Gasteiger partial charge >= 0.3 is 0 Å². The van der Waals surface area contributed by atoms with E-state index in [1.807, 2.05) is 128 Å². The van der Waals surface area contributed by atoms with Crippen molar-refractivity contribution in [2.24, 2.45) is 0 Å². The highest BCUT2D eigenvalue weighted by atomic mass is 16.5. The molecule has 5 aromatic carbocycles. The van der Waals surface area contributed by atoms with Crippen molar-refractivity contribution in [2.75, 3.05) is 7.11 Å². The SMILES string of the molecule is COc1ccc(-c2ccc(Oc3ccc(-c4cccc(C(=O)c5ccc(C)cc5)c4)cc3)cc2)cc1. The lowest BCUT2D eigenvalue weighted by Gasteiger charge is -2.09. The summed E-state index contributed by atoms with van der Waals surface area (Å²) in [5.74, 6) is 2.38. The first-order valence-electron chi connectivity index (χ1n) is 11.8. The summed E-state index contributed by atoms with van der Waals surface area (Å²) in [4.78, 5) is 12.9. The summed E-state index contributed by atoms with van der Waals surface area (Å²) in [5, 5.41) is 0. The number of hydrogen-bond acceptors (Lipinski definition) is 3. The van der Waals surface area contributed by atoms with Gasteiger partial charge < -0.3 is 9.47 Å². The van der Waals surface area contributed by atoms with Crippen LogP contribution in [0.25, 0.3) is 22.3 Å². The lowest BCUT2D eigenvalue weighted by Crippen LogP contribution is -2.01. The van der Waals surface area contributed by atoms with Crippen LogP contribution in [0.3, 0.4) is 0 Å². The molecule has 0 heterocycles. The van der Waals surface area contributed by atoms with Gasteiger partial charge in [0.05, 0.1) is 7.11 Å². The van der Waals surface area contributed by atoms with E-state index in [-0.39, 0.29) is 5.78 Å². The number of ketones is 1. The molecule has 5 aromatic rings. The summed E-state index contributed by atoms with van der Waals surface area (Å²) >= 11 is 0. The van der Waals surface area contributed by atoms with E-state index in [0.29, 0.717) is 11.1 Å². The lowest BCUT2D eigenvalue weighted by atomic mass is 9.98. The highest BCUT2D eigenvalue weighted by Gasteiger charge is 2.10. The number of ether oxygens (including phenoxy) is 2. The lowest BCUT2D eigenvalue weighted by molar-refractivity contribution is 0.103. The third kappa shape index (κ3) is 5.21. The van der Waals surface area contributed by atoms with Crippen LogP contribution in [0.5, 0.6) is 17.2 Å². The number of carbonyl (C=O) groups excluding carboxylic acids is 1. The molecule has 0 aliphatic heterocycles. The summed E-state index contributed by atoms with van der Waals surface area (Å²) in [6.07, 6.45) is 0. The minimum absolute atomic E-state index is 0.0230. The van der Waals surface area contributed by atoms with Crippen molar-refractivity contribution in [3.8, 4) is 39.5 Å². The van der Waals surface area contributed by atoms with E-state index in [9.17, 15) is 4.79 Å². The topological polar surface area (TPSA) is 35.5 Å². The van der Waals surface area contributed by atoms with Crippen LogP contribution in [0, 0.1) is 6.92 Å².